The van der Waals surface area contributed by atoms with Gasteiger partial charge in [0.2, 0.25) is 10.1 Å². The second kappa shape index (κ2) is 6.33. The highest BCUT2D eigenvalue weighted by molar-refractivity contribution is 7.15. The molecule has 0 bridgehead atoms. The zero-order valence-corrected chi connectivity index (χ0v) is 11.4. The van der Waals surface area contributed by atoms with Gasteiger partial charge >= 0.3 is 6.18 Å². The van der Waals surface area contributed by atoms with Crippen LogP contribution in [0.15, 0.2) is 0 Å². The zero-order chi connectivity index (χ0) is 13.8. The third-order valence-corrected chi connectivity index (χ3v) is 3.24. The molecule has 1 aromatic rings. The van der Waals surface area contributed by atoms with Crippen LogP contribution in [0.2, 0.25) is 0 Å². The number of halogens is 3. The molecule has 104 valence electrons. The van der Waals surface area contributed by atoms with Crippen molar-refractivity contribution in [3.05, 3.63) is 5.01 Å². The fourth-order valence-electron chi connectivity index (χ4n) is 1.22. The van der Waals surface area contributed by atoms with Crippen LogP contribution in [0.3, 0.4) is 0 Å². The van der Waals surface area contributed by atoms with Gasteiger partial charge in [0.05, 0.1) is 0 Å². The van der Waals surface area contributed by atoms with Crippen LogP contribution in [0.4, 0.5) is 18.3 Å². The van der Waals surface area contributed by atoms with E-state index in [-0.39, 0.29) is 5.13 Å². The molecule has 0 unspecified atom stereocenters. The minimum Gasteiger partial charge on any atom is -0.348 e. The maximum Gasteiger partial charge on any atom is 0.445 e. The molecule has 1 heterocycles. The van der Waals surface area contributed by atoms with Gasteiger partial charge in [-0.05, 0) is 12.5 Å². The van der Waals surface area contributed by atoms with E-state index in [2.05, 4.69) is 29.4 Å². The zero-order valence-electron chi connectivity index (χ0n) is 10.6. The maximum absolute atomic E-state index is 12.3. The second-order valence-electron chi connectivity index (χ2n) is 4.41. The Morgan fingerprint density at radius 1 is 1.33 bits per heavy atom. The predicted octanol–water partition coefficient (Wildman–Crippen LogP) is 2.24. The van der Waals surface area contributed by atoms with E-state index in [0.717, 1.165) is 6.54 Å². The lowest BCUT2D eigenvalue weighted by Crippen LogP contribution is -2.31. The summed E-state index contributed by atoms with van der Waals surface area (Å²) in [5, 5.41) is 9.29. The Morgan fingerprint density at radius 2 is 2.00 bits per heavy atom. The molecule has 1 aromatic heterocycles. The van der Waals surface area contributed by atoms with Crippen LogP contribution in [-0.4, -0.2) is 36.9 Å². The van der Waals surface area contributed by atoms with E-state index in [4.69, 9.17) is 0 Å². The Labute approximate surface area is 108 Å². The summed E-state index contributed by atoms with van der Waals surface area (Å²) < 4.78 is 37.0. The number of rotatable bonds is 6. The lowest BCUT2D eigenvalue weighted by atomic mass is 10.2. The molecule has 0 aromatic carbocycles. The van der Waals surface area contributed by atoms with E-state index < -0.39 is 11.2 Å². The highest BCUT2D eigenvalue weighted by Gasteiger charge is 2.35. The van der Waals surface area contributed by atoms with E-state index in [0.29, 0.717) is 30.3 Å². The van der Waals surface area contributed by atoms with Crippen LogP contribution in [0.25, 0.3) is 0 Å². The number of alkyl halides is 3. The SMILES string of the molecule is CC(C)CNCCN(C)c1nnc(C(F)(F)F)s1. The molecule has 0 saturated heterocycles. The minimum absolute atomic E-state index is 0.286. The normalized spacial score (nSPS) is 12.2. The van der Waals surface area contributed by atoms with Crippen molar-refractivity contribution in [3.63, 3.8) is 0 Å². The Kier molecular flexibility index (Phi) is 5.33. The molecule has 0 radical (unpaired) electrons. The minimum atomic E-state index is -4.41. The van der Waals surface area contributed by atoms with Gasteiger partial charge in [-0.2, -0.15) is 13.2 Å². The largest absolute Gasteiger partial charge is 0.445 e. The van der Waals surface area contributed by atoms with E-state index in [1.807, 2.05) is 0 Å². The lowest BCUT2D eigenvalue weighted by molar-refractivity contribution is -0.138. The Bertz CT molecular complexity index is 364. The Morgan fingerprint density at radius 3 is 2.50 bits per heavy atom. The predicted molar refractivity (Wildman–Crippen MR) is 65.9 cm³/mol. The van der Waals surface area contributed by atoms with Crippen LogP contribution in [-0.2, 0) is 6.18 Å². The smallest absolute Gasteiger partial charge is 0.348 e. The molecule has 8 heteroatoms. The van der Waals surface area contributed by atoms with Crippen molar-refractivity contribution in [1.29, 1.82) is 0 Å². The summed E-state index contributed by atoms with van der Waals surface area (Å²) in [5.41, 5.74) is 0. The summed E-state index contributed by atoms with van der Waals surface area (Å²) in [6.07, 6.45) is -4.41. The summed E-state index contributed by atoms with van der Waals surface area (Å²) in [6.45, 7) is 6.38. The lowest BCUT2D eigenvalue weighted by Gasteiger charge is -2.15. The molecule has 0 saturated carbocycles. The molecule has 1 rings (SSSR count). The average Bonchev–Trinajstić information content (AvgIpc) is 2.72. The molecule has 0 amide bonds. The van der Waals surface area contributed by atoms with Gasteiger partial charge in [0, 0.05) is 20.1 Å². The second-order valence-corrected chi connectivity index (χ2v) is 5.36. The van der Waals surface area contributed by atoms with Gasteiger partial charge in [-0.15, -0.1) is 10.2 Å². The molecular formula is C10H17F3N4S. The molecule has 4 nitrogen and oxygen atoms in total. The topological polar surface area (TPSA) is 41.0 Å². The van der Waals surface area contributed by atoms with Crippen molar-refractivity contribution in [1.82, 2.24) is 15.5 Å². The van der Waals surface area contributed by atoms with Crippen molar-refractivity contribution in [2.75, 3.05) is 31.6 Å². The summed E-state index contributed by atoms with van der Waals surface area (Å²) in [4.78, 5) is 1.67. The molecule has 0 aliphatic rings. The molecule has 1 N–H and O–H groups in total. The van der Waals surface area contributed by atoms with Gasteiger partial charge in [0.15, 0.2) is 0 Å². The summed E-state index contributed by atoms with van der Waals surface area (Å²) in [6, 6.07) is 0. The molecule has 0 aliphatic heterocycles. The first-order valence-corrected chi connectivity index (χ1v) is 6.45. The molecule has 0 spiro atoms. The monoisotopic (exact) mass is 282 g/mol. The molecule has 0 aliphatic carbocycles. The van der Waals surface area contributed by atoms with E-state index >= 15 is 0 Å². The number of nitrogens with zero attached hydrogens (tertiary/aromatic N) is 3. The van der Waals surface area contributed by atoms with Crippen molar-refractivity contribution < 1.29 is 13.2 Å². The first-order valence-electron chi connectivity index (χ1n) is 5.63. The van der Waals surface area contributed by atoms with Crippen molar-refractivity contribution in [2.45, 2.75) is 20.0 Å². The number of nitrogens with one attached hydrogen (secondary N) is 1. The Hall–Kier alpha value is -0.890. The molecule has 0 fully saturated rings. The molecule has 18 heavy (non-hydrogen) atoms. The van der Waals surface area contributed by atoms with Gasteiger partial charge in [-0.3, -0.25) is 0 Å². The van der Waals surface area contributed by atoms with E-state index in [1.165, 1.54) is 0 Å². The highest BCUT2D eigenvalue weighted by atomic mass is 32.1. The fourth-order valence-corrected chi connectivity index (χ4v) is 1.92. The van der Waals surface area contributed by atoms with Crippen molar-refractivity contribution >= 4 is 16.5 Å². The standard InChI is InChI=1S/C10H17F3N4S/c1-7(2)6-14-4-5-17(3)9-16-15-8(18-9)10(11,12)13/h7,14H,4-6H2,1-3H3. The van der Waals surface area contributed by atoms with Crippen LogP contribution in [0.1, 0.15) is 18.9 Å². The number of hydrogen-bond acceptors (Lipinski definition) is 5. The third-order valence-electron chi connectivity index (χ3n) is 2.16. The van der Waals surface area contributed by atoms with Crippen molar-refractivity contribution in [3.8, 4) is 0 Å². The van der Waals surface area contributed by atoms with Gasteiger partial charge in [0.1, 0.15) is 0 Å². The summed E-state index contributed by atoms with van der Waals surface area (Å²) in [5.74, 6) is 0.550. The molecular weight excluding hydrogens is 265 g/mol. The van der Waals surface area contributed by atoms with Crippen LogP contribution in [0, 0.1) is 5.92 Å². The van der Waals surface area contributed by atoms with Gasteiger partial charge < -0.3 is 10.2 Å². The van der Waals surface area contributed by atoms with Crippen molar-refractivity contribution in [2.24, 2.45) is 5.92 Å². The van der Waals surface area contributed by atoms with E-state index in [9.17, 15) is 13.2 Å². The quantitative estimate of drug-likeness (QED) is 0.812. The average molecular weight is 282 g/mol. The Balaban J connectivity index is 2.42. The molecule has 0 atom stereocenters. The first kappa shape index (κ1) is 15.2. The van der Waals surface area contributed by atoms with Gasteiger partial charge in [-0.25, -0.2) is 0 Å². The summed E-state index contributed by atoms with van der Waals surface area (Å²) >= 11 is 0.563. The number of hydrogen-bond donors (Lipinski definition) is 1. The van der Waals surface area contributed by atoms with Gasteiger partial charge in [-0.1, -0.05) is 25.2 Å². The fraction of sp³-hybridized carbons (Fsp3) is 0.800. The summed E-state index contributed by atoms with van der Waals surface area (Å²) in [7, 11) is 1.71. The first-order chi connectivity index (χ1) is 8.30. The number of aromatic nitrogens is 2. The van der Waals surface area contributed by atoms with E-state index in [1.54, 1.807) is 11.9 Å². The highest BCUT2D eigenvalue weighted by Crippen LogP contribution is 2.33. The number of anilines is 1. The van der Waals surface area contributed by atoms with Crippen LogP contribution < -0.4 is 10.2 Å². The third kappa shape index (κ3) is 4.77. The maximum atomic E-state index is 12.3. The van der Waals surface area contributed by atoms with Gasteiger partial charge in [0.25, 0.3) is 0 Å². The van der Waals surface area contributed by atoms with Crippen LogP contribution in [0.5, 0.6) is 0 Å². The number of likely N-dealkylation sites (N-methyl/N-ethyl adjacent to an activating group) is 1. The van der Waals surface area contributed by atoms with Crippen LogP contribution >= 0.6 is 11.3 Å².